The van der Waals surface area contributed by atoms with Gasteiger partial charge in [0.1, 0.15) is 5.75 Å². The third-order valence-corrected chi connectivity index (χ3v) is 2.91. The molecule has 1 aromatic carbocycles. The molecule has 1 aliphatic carbocycles. The molecule has 0 atom stereocenters. The van der Waals surface area contributed by atoms with E-state index in [0.29, 0.717) is 17.8 Å². The molecule has 5 heteroatoms. The van der Waals surface area contributed by atoms with Gasteiger partial charge in [-0.25, -0.2) is 0 Å². The summed E-state index contributed by atoms with van der Waals surface area (Å²) in [7, 11) is 0. The number of phenolic OH excluding ortho intramolecular Hbond substituents is 1. The van der Waals surface area contributed by atoms with Crippen molar-refractivity contribution in [1.29, 1.82) is 0 Å². The summed E-state index contributed by atoms with van der Waals surface area (Å²) >= 11 is 0. The van der Waals surface area contributed by atoms with E-state index in [1.807, 2.05) is 6.07 Å². The lowest BCUT2D eigenvalue weighted by Crippen LogP contribution is -2.19. The fourth-order valence-corrected chi connectivity index (χ4v) is 1.78. The normalized spacial score (nSPS) is 14.9. The first kappa shape index (κ1) is 11.2. The van der Waals surface area contributed by atoms with Crippen LogP contribution in [0.5, 0.6) is 5.75 Å². The number of nitrogens with one attached hydrogen (secondary N) is 1. The van der Waals surface area contributed by atoms with Crippen LogP contribution < -0.4 is 5.32 Å². The Balaban J connectivity index is 1.64. The maximum Gasteiger partial charge on any atom is 0.247 e. The van der Waals surface area contributed by atoms with Gasteiger partial charge in [-0.1, -0.05) is 6.07 Å². The summed E-state index contributed by atoms with van der Waals surface area (Å²) in [6.07, 6.45) is 3.29. The average Bonchev–Trinajstić information content (AvgIpc) is 3.06. The summed E-state index contributed by atoms with van der Waals surface area (Å²) in [5.41, 5.74) is 0.740. The van der Waals surface area contributed by atoms with Gasteiger partial charge in [0.2, 0.25) is 11.8 Å². The molecular weight excluding hydrogens is 230 g/mol. The van der Waals surface area contributed by atoms with Gasteiger partial charge in [-0.15, -0.1) is 10.2 Å². The number of phenols is 1. The second-order valence-electron chi connectivity index (χ2n) is 4.53. The van der Waals surface area contributed by atoms with Gasteiger partial charge >= 0.3 is 0 Å². The van der Waals surface area contributed by atoms with E-state index in [4.69, 9.17) is 4.42 Å². The minimum atomic E-state index is 0.197. The molecule has 94 valence electrons. The van der Waals surface area contributed by atoms with Crippen LogP contribution in [0, 0.1) is 0 Å². The molecule has 0 bridgehead atoms. The highest BCUT2D eigenvalue weighted by Gasteiger charge is 2.20. The number of hydrogen-bond acceptors (Lipinski definition) is 5. The molecule has 1 aromatic heterocycles. The zero-order valence-corrected chi connectivity index (χ0v) is 9.97. The first-order valence-corrected chi connectivity index (χ1v) is 6.16. The molecule has 1 fully saturated rings. The van der Waals surface area contributed by atoms with Crippen LogP contribution in [0.1, 0.15) is 18.7 Å². The number of benzene rings is 1. The molecule has 1 aliphatic rings. The van der Waals surface area contributed by atoms with Gasteiger partial charge in [0, 0.05) is 24.6 Å². The summed E-state index contributed by atoms with van der Waals surface area (Å²) in [6, 6.07) is 7.50. The van der Waals surface area contributed by atoms with Crippen molar-refractivity contribution in [2.24, 2.45) is 0 Å². The van der Waals surface area contributed by atoms with E-state index in [1.165, 1.54) is 12.8 Å². The average molecular weight is 245 g/mol. The molecule has 0 amide bonds. The van der Waals surface area contributed by atoms with Crippen molar-refractivity contribution in [3.8, 4) is 17.2 Å². The van der Waals surface area contributed by atoms with Gasteiger partial charge in [-0.3, -0.25) is 0 Å². The quantitative estimate of drug-likeness (QED) is 0.839. The Bertz CT molecular complexity index is 535. The van der Waals surface area contributed by atoms with Crippen LogP contribution in [0.2, 0.25) is 0 Å². The summed E-state index contributed by atoms with van der Waals surface area (Å²) in [5, 5.41) is 20.8. The zero-order valence-electron chi connectivity index (χ0n) is 9.97. The Morgan fingerprint density at radius 1 is 1.33 bits per heavy atom. The fraction of sp³-hybridized carbons (Fsp3) is 0.385. The van der Waals surface area contributed by atoms with Crippen molar-refractivity contribution in [1.82, 2.24) is 15.5 Å². The molecule has 3 rings (SSSR count). The molecule has 0 aliphatic heterocycles. The van der Waals surface area contributed by atoms with E-state index in [9.17, 15) is 5.11 Å². The highest BCUT2D eigenvalue weighted by atomic mass is 16.4. The van der Waals surface area contributed by atoms with Crippen LogP contribution in [0.3, 0.4) is 0 Å². The number of hydrogen-bond donors (Lipinski definition) is 2. The fourth-order valence-electron chi connectivity index (χ4n) is 1.78. The van der Waals surface area contributed by atoms with Gasteiger partial charge in [0.25, 0.3) is 0 Å². The molecule has 5 nitrogen and oxygen atoms in total. The molecule has 1 heterocycles. The minimum absolute atomic E-state index is 0.197. The summed E-state index contributed by atoms with van der Waals surface area (Å²) in [6.45, 7) is 0.867. The number of nitrogens with zero attached hydrogens (tertiary/aromatic N) is 2. The van der Waals surface area contributed by atoms with Crippen LogP contribution in [0.4, 0.5) is 0 Å². The summed E-state index contributed by atoms with van der Waals surface area (Å²) < 4.78 is 5.55. The van der Waals surface area contributed by atoms with Gasteiger partial charge in [0.15, 0.2) is 0 Å². The van der Waals surface area contributed by atoms with E-state index < -0.39 is 0 Å². The molecule has 1 saturated carbocycles. The predicted octanol–water partition coefficient (Wildman–Crippen LogP) is 1.74. The van der Waals surface area contributed by atoms with Gasteiger partial charge in [-0.05, 0) is 31.0 Å². The van der Waals surface area contributed by atoms with Crippen LogP contribution in [0.15, 0.2) is 28.7 Å². The van der Waals surface area contributed by atoms with E-state index in [0.717, 1.165) is 18.5 Å². The van der Waals surface area contributed by atoms with Crippen LogP contribution in [-0.4, -0.2) is 27.9 Å². The predicted molar refractivity (Wildman–Crippen MR) is 66.1 cm³/mol. The smallest absolute Gasteiger partial charge is 0.247 e. The maximum absolute atomic E-state index is 9.39. The van der Waals surface area contributed by atoms with Crippen molar-refractivity contribution in [2.45, 2.75) is 25.3 Å². The lowest BCUT2D eigenvalue weighted by atomic mass is 10.2. The topological polar surface area (TPSA) is 71.2 Å². The largest absolute Gasteiger partial charge is 0.508 e. The van der Waals surface area contributed by atoms with Crippen molar-refractivity contribution >= 4 is 0 Å². The summed E-state index contributed by atoms with van der Waals surface area (Å²) in [5.74, 6) is 1.27. The third kappa shape index (κ3) is 2.68. The Kier molecular flexibility index (Phi) is 2.98. The number of aromatic hydroxyl groups is 1. The number of aromatic nitrogens is 2. The van der Waals surface area contributed by atoms with E-state index in [2.05, 4.69) is 15.5 Å². The monoisotopic (exact) mass is 245 g/mol. The van der Waals surface area contributed by atoms with Gasteiger partial charge < -0.3 is 14.8 Å². The van der Waals surface area contributed by atoms with E-state index in [1.54, 1.807) is 18.2 Å². The van der Waals surface area contributed by atoms with Crippen molar-refractivity contribution in [2.75, 3.05) is 6.54 Å². The molecule has 0 unspecified atom stereocenters. The third-order valence-electron chi connectivity index (χ3n) is 2.91. The Hall–Kier alpha value is -1.88. The minimum Gasteiger partial charge on any atom is -0.508 e. The van der Waals surface area contributed by atoms with Crippen molar-refractivity contribution in [3.05, 3.63) is 30.2 Å². The lowest BCUT2D eigenvalue weighted by Gasteiger charge is -1.98. The second-order valence-corrected chi connectivity index (χ2v) is 4.53. The Morgan fingerprint density at radius 2 is 2.22 bits per heavy atom. The highest BCUT2D eigenvalue weighted by molar-refractivity contribution is 5.54. The second kappa shape index (κ2) is 4.78. The van der Waals surface area contributed by atoms with Crippen molar-refractivity contribution in [3.63, 3.8) is 0 Å². The highest BCUT2D eigenvalue weighted by Crippen LogP contribution is 2.22. The molecule has 0 spiro atoms. The maximum atomic E-state index is 9.39. The molecule has 18 heavy (non-hydrogen) atoms. The first-order valence-electron chi connectivity index (χ1n) is 6.16. The van der Waals surface area contributed by atoms with Gasteiger partial charge in [0.05, 0.1) is 0 Å². The SMILES string of the molecule is Oc1cccc(-c2nnc(CCNC3CC3)o2)c1. The zero-order chi connectivity index (χ0) is 12.4. The van der Waals surface area contributed by atoms with E-state index in [-0.39, 0.29) is 5.75 Å². The molecule has 0 radical (unpaired) electrons. The van der Waals surface area contributed by atoms with Crippen LogP contribution in [-0.2, 0) is 6.42 Å². The molecule has 0 saturated heterocycles. The summed E-state index contributed by atoms with van der Waals surface area (Å²) in [4.78, 5) is 0. The lowest BCUT2D eigenvalue weighted by molar-refractivity contribution is 0.473. The van der Waals surface area contributed by atoms with E-state index >= 15 is 0 Å². The molecule has 2 N–H and O–H groups in total. The van der Waals surface area contributed by atoms with Crippen LogP contribution in [0.25, 0.3) is 11.5 Å². The van der Waals surface area contributed by atoms with Crippen molar-refractivity contribution < 1.29 is 9.52 Å². The number of rotatable bonds is 5. The standard InChI is InChI=1S/C13H15N3O2/c17-11-3-1-2-9(8-11)13-16-15-12(18-13)6-7-14-10-4-5-10/h1-3,8,10,14,17H,4-7H2. The molecule has 2 aromatic rings. The molecular formula is C13H15N3O2. The van der Waals surface area contributed by atoms with Gasteiger partial charge in [-0.2, -0.15) is 0 Å². The Labute approximate surface area is 105 Å². The first-order chi connectivity index (χ1) is 8.81. The Morgan fingerprint density at radius 3 is 3.00 bits per heavy atom. The van der Waals surface area contributed by atoms with Crippen LogP contribution >= 0.6 is 0 Å².